The van der Waals surface area contributed by atoms with Gasteiger partial charge in [0.2, 0.25) is 5.91 Å². The van der Waals surface area contributed by atoms with Crippen molar-refractivity contribution in [3.8, 4) is 0 Å². The number of anilines is 1. The number of nitrogens with one attached hydrogen (secondary N) is 1. The van der Waals surface area contributed by atoms with Gasteiger partial charge in [0.1, 0.15) is 0 Å². The van der Waals surface area contributed by atoms with E-state index in [1.807, 2.05) is 24.3 Å². The van der Waals surface area contributed by atoms with Crippen molar-refractivity contribution < 1.29 is 4.79 Å². The van der Waals surface area contributed by atoms with Crippen molar-refractivity contribution in [2.45, 2.75) is 32.7 Å². The Morgan fingerprint density at radius 1 is 1.19 bits per heavy atom. The minimum Gasteiger partial charge on any atom is -0.325 e. The maximum atomic E-state index is 11.3. The summed E-state index contributed by atoms with van der Waals surface area (Å²) >= 11 is 0. The summed E-state index contributed by atoms with van der Waals surface area (Å²) in [4.78, 5) is 11.3. The van der Waals surface area contributed by atoms with Gasteiger partial charge in [-0.05, 0) is 30.5 Å². The first kappa shape index (κ1) is 14.9. The molecule has 3 N–H and O–H groups in total. The predicted molar refractivity (Wildman–Crippen MR) is 70.1 cm³/mol. The van der Waals surface area contributed by atoms with Gasteiger partial charge >= 0.3 is 0 Å². The molecule has 3 nitrogen and oxygen atoms in total. The van der Waals surface area contributed by atoms with Crippen molar-refractivity contribution >= 4 is 24.0 Å². The first-order valence-electron chi connectivity index (χ1n) is 5.17. The Kier molecular flexibility index (Phi) is 6.08. The highest BCUT2D eigenvalue weighted by Gasteiger charge is 2.07. The van der Waals surface area contributed by atoms with Crippen molar-refractivity contribution in [1.82, 2.24) is 0 Å². The van der Waals surface area contributed by atoms with E-state index in [0.29, 0.717) is 5.92 Å². The molecule has 0 aliphatic carbocycles. The lowest BCUT2D eigenvalue weighted by atomic mass is 10.0. The molecule has 1 aromatic rings. The number of hydrogen-bond donors (Lipinski definition) is 2. The maximum absolute atomic E-state index is 11.3. The third kappa shape index (κ3) is 4.21. The number of nitrogens with two attached hydrogens (primary N) is 1. The summed E-state index contributed by atoms with van der Waals surface area (Å²) in [5.74, 6) is 0.343. The fourth-order valence-electron chi connectivity index (χ4n) is 1.21. The van der Waals surface area contributed by atoms with Gasteiger partial charge in [-0.25, -0.2) is 0 Å². The number of amides is 1. The van der Waals surface area contributed by atoms with E-state index in [2.05, 4.69) is 19.2 Å². The second kappa shape index (κ2) is 6.51. The molecule has 16 heavy (non-hydrogen) atoms. The van der Waals surface area contributed by atoms with E-state index in [1.54, 1.807) is 6.92 Å². The molecule has 0 saturated carbocycles. The fourth-order valence-corrected chi connectivity index (χ4v) is 1.21. The van der Waals surface area contributed by atoms with Crippen LogP contribution < -0.4 is 11.1 Å². The summed E-state index contributed by atoms with van der Waals surface area (Å²) < 4.78 is 0. The van der Waals surface area contributed by atoms with Crippen LogP contribution in [0.25, 0.3) is 0 Å². The summed E-state index contributed by atoms with van der Waals surface area (Å²) in [5.41, 5.74) is 7.50. The summed E-state index contributed by atoms with van der Waals surface area (Å²) in [5, 5.41) is 2.74. The van der Waals surface area contributed by atoms with Crippen LogP contribution in [0.1, 0.15) is 32.3 Å². The lowest BCUT2D eigenvalue weighted by Gasteiger charge is -2.09. The van der Waals surface area contributed by atoms with E-state index in [4.69, 9.17) is 5.73 Å². The normalized spacial score (nSPS) is 11.8. The molecule has 0 fully saturated rings. The first-order valence-corrected chi connectivity index (χ1v) is 5.17. The average Bonchev–Trinajstić information content (AvgIpc) is 2.18. The predicted octanol–water partition coefficient (Wildman–Crippen LogP) is 2.52. The molecule has 1 rings (SSSR count). The van der Waals surface area contributed by atoms with Crippen LogP contribution >= 0.6 is 12.4 Å². The molecule has 0 unspecified atom stereocenters. The summed E-state index contributed by atoms with van der Waals surface area (Å²) in [6.07, 6.45) is 0. The highest BCUT2D eigenvalue weighted by Crippen LogP contribution is 2.17. The van der Waals surface area contributed by atoms with Gasteiger partial charge in [-0.15, -0.1) is 12.4 Å². The Labute approximate surface area is 103 Å². The zero-order valence-electron chi connectivity index (χ0n) is 9.86. The van der Waals surface area contributed by atoms with Crippen molar-refractivity contribution in [2.24, 2.45) is 5.73 Å². The van der Waals surface area contributed by atoms with Crippen LogP contribution in [0.5, 0.6) is 0 Å². The van der Waals surface area contributed by atoms with Gasteiger partial charge in [-0.2, -0.15) is 0 Å². The van der Waals surface area contributed by atoms with Gasteiger partial charge in [-0.3, -0.25) is 4.79 Å². The molecule has 0 aliphatic rings. The molecule has 1 aromatic carbocycles. The Balaban J connectivity index is 0.00000225. The SMILES string of the molecule is CC(C)c1ccc(NC(=O)[C@H](C)N)cc1.Cl. The fraction of sp³-hybridized carbons (Fsp3) is 0.417. The Morgan fingerprint density at radius 2 is 1.69 bits per heavy atom. The highest BCUT2D eigenvalue weighted by atomic mass is 35.5. The third-order valence-corrected chi connectivity index (χ3v) is 2.26. The van der Waals surface area contributed by atoms with Crippen LogP contribution in [0.2, 0.25) is 0 Å². The van der Waals surface area contributed by atoms with Crippen LogP contribution in [-0.2, 0) is 4.79 Å². The Bertz CT molecular complexity index is 333. The first-order chi connectivity index (χ1) is 7.00. The van der Waals surface area contributed by atoms with Crippen molar-refractivity contribution in [3.63, 3.8) is 0 Å². The molecule has 0 saturated heterocycles. The zero-order chi connectivity index (χ0) is 11.4. The van der Waals surface area contributed by atoms with Gasteiger partial charge in [0.15, 0.2) is 0 Å². The van der Waals surface area contributed by atoms with Crippen LogP contribution in [0.15, 0.2) is 24.3 Å². The summed E-state index contributed by atoms with van der Waals surface area (Å²) in [7, 11) is 0. The quantitative estimate of drug-likeness (QED) is 0.856. The second-order valence-corrected chi connectivity index (χ2v) is 4.05. The van der Waals surface area contributed by atoms with E-state index in [9.17, 15) is 4.79 Å². The van der Waals surface area contributed by atoms with Crippen LogP contribution in [0, 0.1) is 0 Å². The number of carbonyl (C=O) groups excluding carboxylic acids is 1. The molecule has 0 radical (unpaired) electrons. The lowest BCUT2D eigenvalue weighted by molar-refractivity contribution is -0.117. The topological polar surface area (TPSA) is 55.1 Å². The number of halogens is 1. The van der Waals surface area contributed by atoms with Crippen molar-refractivity contribution in [3.05, 3.63) is 29.8 Å². The van der Waals surface area contributed by atoms with Gasteiger partial charge in [0.05, 0.1) is 6.04 Å². The van der Waals surface area contributed by atoms with E-state index in [1.165, 1.54) is 5.56 Å². The van der Waals surface area contributed by atoms with E-state index < -0.39 is 6.04 Å². The van der Waals surface area contributed by atoms with Crippen LogP contribution in [-0.4, -0.2) is 11.9 Å². The van der Waals surface area contributed by atoms with Gasteiger partial charge < -0.3 is 11.1 Å². The van der Waals surface area contributed by atoms with Crippen molar-refractivity contribution in [2.75, 3.05) is 5.32 Å². The molecule has 0 spiro atoms. The number of rotatable bonds is 3. The van der Waals surface area contributed by atoms with E-state index in [-0.39, 0.29) is 18.3 Å². The third-order valence-electron chi connectivity index (χ3n) is 2.26. The summed E-state index contributed by atoms with van der Waals surface area (Å²) in [6.45, 7) is 5.93. The highest BCUT2D eigenvalue weighted by molar-refractivity contribution is 5.94. The molecule has 0 heterocycles. The molecule has 1 amide bonds. The minimum atomic E-state index is -0.477. The lowest BCUT2D eigenvalue weighted by Crippen LogP contribution is -2.32. The molecule has 90 valence electrons. The summed E-state index contributed by atoms with van der Waals surface area (Å²) in [6, 6.07) is 7.35. The Morgan fingerprint density at radius 3 is 2.06 bits per heavy atom. The number of carbonyl (C=O) groups is 1. The standard InChI is InChI=1S/C12H18N2O.ClH/c1-8(2)10-4-6-11(7-5-10)14-12(15)9(3)13;/h4-9H,13H2,1-3H3,(H,14,15);1H/t9-;/m0./s1. The molecule has 1 atom stereocenters. The molecule has 0 bridgehead atoms. The maximum Gasteiger partial charge on any atom is 0.240 e. The second-order valence-electron chi connectivity index (χ2n) is 4.05. The largest absolute Gasteiger partial charge is 0.325 e. The van der Waals surface area contributed by atoms with Gasteiger partial charge in [-0.1, -0.05) is 26.0 Å². The molecule has 0 aliphatic heterocycles. The smallest absolute Gasteiger partial charge is 0.240 e. The number of benzene rings is 1. The van der Waals surface area contributed by atoms with E-state index in [0.717, 1.165) is 5.69 Å². The van der Waals surface area contributed by atoms with Gasteiger partial charge in [0, 0.05) is 5.69 Å². The van der Waals surface area contributed by atoms with Crippen LogP contribution in [0.3, 0.4) is 0 Å². The molecular formula is C12H19ClN2O. The monoisotopic (exact) mass is 242 g/mol. The Hall–Kier alpha value is -1.06. The average molecular weight is 243 g/mol. The molecular weight excluding hydrogens is 224 g/mol. The van der Waals surface area contributed by atoms with Crippen molar-refractivity contribution in [1.29, 1.82) is 0 Å². The van der Waals surface area contributed by atoms with Gasteiger partial charge in [0.25, 0.3) is 0 Å². The molecule has 4 heteroatoms. The molecule has 0 aromatic heterocycles. The zero-order valence-corrected chi connectivity index (χ0v) is 10.7. The van der Waals surface area contributed by atoms with E-state index >= 15 is 0 Å². The minimum absolute atomic E-state index is 0. The number of hydrogen-bond acceptors (Lipinski definition) is 2. The van der Waals surface area contributed by atoms with Crippen LogP contribution in [0.4, 0.5) is 5.69 Å².